The van der Waals surface area contributed by atoms with Gasteiger partial charge in [0.1, 0.15) is 17.7 Å². The number of halogens is 1. The van der Waals surface area contributed by atoms with E-state index in [1.165, 1.54) is 38.3 Å². The predicted molar refractivity (Wildman–Crippen MR) is 149 cm³/mol. The van der Waals surface area contributed by atoms with Gasteiger partial charge < -0.3 is 9.84 Å². The molecule has 0 radical (unpaired) electrons. The van der Waals surface area contributed by atoms with E-state index in [0.29, 0.717) is 17.5 Å². The summed E-state index contributed by atoms with van der Waals surface area (Å²) in [6, 6.07) is 14.3. The van der Waals surface area contributed by atoms with Crippen LogP contribution in [0.25, 0.3) is 11.1 Å². The van der Waals surface area contributed by atoms with Crippen molar-refractivity contribution in [2.45, 2.75) is 83.4 Å². The van der Waals surface area contributed by atoms with Gasteiger partial charge in [0.05, 0.1) is 12.1 Å². The van der Waals surface area contributed by atoms with Crippen LogP contribution in [0, 0.1) is 18.7 Å². The molecule has 204 valence electrons. The Kier molecular flexibility index (Phi) is 6.92. The molecule has 3 aromatic rings. The second kappa shape index (κ2) is 10.4. The third-order valence-electron chi connectivity index (χ3n) is 9.00. The molecule has 2 unspecified atom stereocenters. The number of benzene rings is 2. The lowest BCUT2D eigenvalue weighted by Gasteiger charge is -2.37. The van der Waals surface area contributed by atoms with E-state index in [4.69, 9.17) is 4.74 Å². The van der Waals surface area contributed by atoms with E-state index in [2.05, 4.69) is 34.1 Å². The van der Waals surface area contributed by atoms with Gasteiger partial charge in [-0.15, -0.1) is 0 Å². The molecule has 3 heterocycles. The summed E-state index contributed by atoms with van der Waals surface area (Å²) in [6.45, 7) is 5.53. The number of hydrogen-bond donors (Lipinski definition) is 1. The quantitative estimate of drug-likeness (QED) is 0.356. The van der Waals surface area contributed by atoms with E-state index in [9.17, 15) is 9.90 Å². The van der Waals surface area contributed by atoms with Gasteiger partial charge in [0.15, 0.2) is 0 Å². The first kappa shape index (κ1) is 26.0. The zero-order valence-corrected chi connectivity index (χ0v) is 22.9. The van der Waals surface area contributed by atoms with Crippen molar-refractivity contribution in [1.29, 1.82) is 0 Å². The van der Waals surface area contributed by atoms with Crippen LogP contribution in [0.15, 0.2) is 48.7 Å². The van der Waals surface area contributed by atoms with Crippen molar-refractivity contribution in [2.75, 3.05) is 6.54 Å². The van der Waals surface area contributed by atoms with E-state index >= 15 is 4.39 Å². The molecule has 6 heteroatoms. The molecule has 1 aromatic heterocycles. The summed E-state index contributed by atoms with van der Waals surface area (Å²) in [5.41, 5.74) is 7.07. The summed E-state index contributed by atoms with van der Waals surface area (Å²) in [6.07, 6.45) is 9.76. The van der Waals surface area contributed by atoms with Crippen molar-refractivity contribution in [3.63, 3.8) is 0 Å². The van der Waals surface area contributed by atoms with Gasteiger partial charge in [-0.05, 0) is 98.4 Å². The van der Waals surface area contributed by atoms with E-state index in [0.717, 1.165) is 65.2 Å². The fourth-order valence-electron chi connectivity index (χ4n) is 6.49. The van der Waals surface area contributed by atoms with Crippen molar-refractivity contribution < 1.29 is 19.0 Å². The minimum Gasteiger partial charge on any atom is -0.485 e. The molecular formula is C33H37FN2O3. The molecular weight excluding hydrogens is 491 g/mol. The summed E-state index contributed by atoms with van der Waals surface area (Å²) in [7, 11) is 0. The average molecular weight is 529 g/mol. The number of likely N-dealkylation sites (tertiary alicyclic amines) is 1. The van der Waals surface area contributed by atoms with Gasteiger partial charge >= 0.3 is 5.97 Å². The van der Waals surface area contributed by atoms with Crippen molar-refractivity contribution in [1.82, 2.24) is 9.88 Å². The number of carbonyl (C=O) groups is 1. The van der Waals surface area contributed by atoms with E-state index < -0.39 is 11.9 Å². The SMILES string of the molecule is Cc1cc(-c2ccc(C3CCc4ccc(CC(C)C(=O)O)cc4O3)cc2CN2CCCCC23CC3)c(F)cn1. The first-order valence-corrected chi connectivity index (χ1v) is 14.3. The Labute approximate surface area is 230 Å². The molecule has 1 saturated carbocycles. The number of nitrogens with zero attached hydrogens (tertiary/aromatic N) is 2. The summed E-state index contributed by atoms with van der Waals surface area (Å²) >= 11 is 0. The zero-order valence-electron chi connectivity index (χ0n) is 22.9. The summed E-state index contributed by atoms with van der Waals surface area (Å²) in [5, 5.41) is 9.33. The lowest BCUT2D eigenvalue weighted by atomic mass is 9.90. The van der Waals surface area contributed by atoms with Crippen molar-refractivity contribution in [3.8, 4) is 16.9 Å². The maximum atomic E-state index is 15.0. The number of piperidine rings is 1. The van der Waals surface area contributed by atoms with Crippen LogP contribution in [-0.2, 0) is 24.2 Å². The van der Waals surface area contributed by atoms with Crippen LogP contribution in [-0.4, -0.2) is 33.0 Å². The first-order valence-electron chi connectivity index (χ1n) is 14.3. The Bertz CT molecular complexity index is 1400. The number of fused-ring (bicyclic) bond motifs is 1. The van der Waals surface area contributed by atoms with Gasteiger partial charge in [-0.25, -0.2) is 4.39 Å². The number of hydrogen-bond acceptors (Lipinski definition) is 4. The van der Waals surface area contributed by atoms with Gasteiger partial charge in [0.25, 0.3) is 0 Å². The molecule has 2 atom stereocenters. The molecule has 39 heavy (non-hydrogen) atoms. The minimum atomic E-state index is -0.790. The van der Waals surface area contributed by atoms with Crippen LogP contribution in [0.4, 0.5) is 4.39 Å². The van der Waals surface area contributed by atoms with Gasteiger partial charge in [0.2, 0.25) is 0 Å². The van der Waals surface area contributed by atoms with Gasteiger partial charge in [-0.1, -0.05) is 43.7 Å². The lowest BCUT2D eigenvalue weighted by Crippen LogP contribution is -2.40. The summed E-state index contributed by atoms with van der Waals surface area (Å²) in [4.78, 5) is 18.1. The highest BCUT2D eigenvalue weighted by Gasteiger charge is 2.48. The van der Waals surface area contributed by atoms with Crippen LogP contribution < -0.4 is 4.74 Å². The predicted octanol–water partition coefficient (Wildman–Crippen LogP) is 7.04. The third-order valence-corrected chi connectivity index (χ3v) is 9.00. The Morgan fingerprint density at radius 1 is 1.15 bits per heavy atom. The number of carboxylic acid groups (broad SMARTS) is 1. The summed E-state index contributed by atoms with van der Waals surface area (Å²) in [5.74, 6) is -0.683. The maximum absolute atomic E-state index is 15.0. The molecule has 2 aromatic carbocycles. The molecule has 1 N–H and O–H groups in total. The van der Waals surface area contributed by atoms with Gasteiger partial charge in [-0.3, -0.25) is 14.7 Å². The van der Waals surface area contributed by atoms with E-state index in [-0.39, 0.29) is 11.9 Å². The number of aliphatic carboxylic acids is 1. The summed E-state index contributed by atoms with van der Waals surface area (Å²) < 4.78 is 21.6. The Morgan fingerprint density at radius 2 is 2.00 bits per heavy atom. The number of pyridine rings is 1. The standard InChI is InChI=1S/C33H37FN2O3/c1-21(32(37)38)15-23-5-6-24-8-10-30(39-31(24)17-23)25-7-9-27(28-16-22(2)35-19-29(28)34)26(18-25)20-36-14-4-3-11-33(36)12-13-33/h5-7,9,16-19,21,30H,3-4,8,10-15,20H2,1-2H3,(H,37,38). The Morgan fingerprint density at radius 3 is 2.79 bits per heavy atom. The third kappa shape index (κ3) is 5.31. The smallest absolute Gasteiger partial charge is 0.306 e. The molecule has 2 fully saturated rings. The van der Waals surface area contributed by atoms with Crippen LogP contribution >= 0.6 is 0 Å². The van der Waals surface area contributed by atoms with Crippen molar-refractivity contribution in [3.05, 3.63) is 82.4 Å². The number of ether oxygens (including phenoxy) is 1. The van der Waals surface area contributed by atoms with Gasteiger partial charge in [-0.2, -0.15) is 0 Å². The van der Waals surface area contributed by atoms with Crippen molar-refractivity contribution in [2.24, 2.45) is 5.92 Å². The highest BCUT2D eigenvalue weighted by atomic mass is 19.1. The van der Waals surface area contributed by atoms with Crippen molar-refractivity contribution >= 4 is 5.97 Å². The topological polar surface area (TPSA) is 62.7 Å². The molecule has 1 saturated heterocycles. The number of aromatic nitrogens is 1. The van der Waals surface area contributed by atoms with E-state index in [1.54, 1.807) is 6.92 Å². The monoisotopic (exact) mass is 528 g/mol. The zero-order chi connectivity index (χ0) is 27.1. The second-order valence-corrected chi connectivity index (χ2v) is 11.9. The number of aryl methyl sites for hydroxylation is 2. The number of rotatable bonds is 7. The molecule has 3 aliphatic rings. The number of carboxylic acids is 1. The second-order valence-electron chi connectivity index (χ2n) is 11.9. The van der Waals surface area contributed by atoms with E-state index in [1.807, 2.05) is 25.1 Å². The molecule has 1 spiro atoms. The average Bonchev–Trinajstić information content (AvgIpc) is 3.71. The van der Waals surface area contributed by atoms with Crippen LogP contribution in [0.1, 0.15) is 79.5 Å². The van der Waals surface area contributed by atoms with Crippen LogP contribution in [0.2, 0.25) is 0 Å². The molecule has 2 aliphatic heterocycles. The fraction of sp³-hybridized carbons (Fsp3) is 0.455. The molecule has 0 amide bonds. The molecule has 0 bridgehead atoms. The molecule has 5 nitrogen and oxygen atoms in total. The van der Waals surface area contributed by atoms with Gasteiger partial charge in [0, 0.05) is 23.3 Å². The normalized spacial score (nSPS) is 20.7. The molecule has 1 aliphatic carbocycles. The first-order chi connectivity index (χ1) is 18.8. The Hall–Kier alpha value is -3.25. The lowest BCUT2D eigenvalue weighted by molar-refractivity contribution is -0.141. The maximum Gasteiger partial charge on any atom is 0.306 e. The minimum absolute atomic E-state index is 0.0993. The highest BCUT2D eigenvalue weighted by Crippen LogP contribution is 2.49. The van der Waals surface area contributed by atoms with Crippen LogP contribution in [0.5, 0.6) is 5.75 Å². The highest BCUT2D eigenvalue weighted by molar-refractivity contribution is 5.70. The Balaban J connectivity index is 1.32. The fourth-order valence-corrected chi connectivity index (χ4v) is 6.49. The van der Waals surface area contributed by atoms with Crippen LogP contribution in [0.3, 0.4) is 0 Å². The largest absolute Gasteiger partial charge is 0.485 e. The molecule has 6 rings (SSSR count).